The highest BCUT2D eigenvalue weighted by atomic mass is 32.2. The maximum absolute atomic E-state index is 14.1. The van der Waals surface area contributed by atoms with Gasteiger partial charge in [0.05, 0.1) is 35.3 Å². The molecule has 1 aliphatic heterocycles. The zero-order valence-corrected chi connectivity index (χ0v) is 24.5. The Morgan fingerprint density at radius 3 is 2.51 bits per heavy atom. The van der Waals surface area contributed by atoms with Crippen LogP contribution in [-0.2, 0) is 14.8 Å². The molecule has 0 radical (unpaired) electrons. The van der Waals surface area contributed by atoms with Gasteiger partial charge in [-0.2, -0.15) is 0 Å². The second kappa shape index (κ2) is 14.1. The van der Waals surface area contributed by atoms with Crippen molar-refractivity contribution in [3.8, 4) is 5.75 Å². The third-order valence-electron chi connectivity index (χ3n) is 6.90. The van der Waals surface area contributed by atoms with Gasteiger partial charge in [0.15, 0.2) is 0 Å². The molecule has 0 bridgehead atoms. The number of likely N-dealkylation sites (N-methyl/N-ethyl adjacent to an activating group) is 1. The number of rotatable bonds is 7. The molecule has 3 rings (SSSR count). The normalized spacial score (nSPS) is 22.5. The van der Waals surface area contributed by atoms with Gasteiger partial charge < -0.3 is 24.4 Å². The number of aliphatic hydroxyl groups excluding tert-OH is 1. The van der Waals surface area contributed by atoms with E-state index in [1.54, 1.807) is 42.2 Å². The zero-order chi connectivity index (χ0) is 28.6. The molecule has 10 heteroatoms. The molecule has 1 heterocycles. The maximum Gasteiger partial charge on any atom is 0.261 e. The quantitative estimate of drug-likeness (QED) is 0.529. The van der Waals surface area contributed by atoms with Gasteiger partial charge in [-0.15, -0.1) is 0 Å². The van der Waals surface area contributed by atoms with Gasteiger partial charge in [-0.25, -0.2) is 8.42 Å². The highest BCUT2D eigenvalue weighted by Gasteiger charge is 2.30. The first-order chi connectivity index (χ1) is 18.5. The van der Waals surface area contributed by atoms with E-state index in [0.29, 0.717) is 25.4 Å². The minimum Gasteiger partial charge on any atom is -0.490 e. The van der Waals surface area contributed by atoms with Crippen molar-refractivity contribution in [1.82, 2.24) is 9.80 Å². The van der Waals surface area contributed by atoms with Gasteiger partial charge in [-0.1, -0.05) is 25.1 Å². The molecule has 1 aliphatic rings. The lowest BCUT2D eigenvalue weighted by Gasteiger charge is -2.35. The molecule has 0 aliphatic carbocycles. The summed E-state index contributed by atoms with van der Waals surface area (Å²) in [7, 11) is 0.132. The fourth-order valence-corrected chi connectivity index (χ4v) is 5.69. The molecule has 0 saturated heterocycles. The van der Waals surface area contributed by atoms with E-state index in [0.717, 1.165) is 19.3 Å². The van der Waals surface area contributed by atoms with E-state index in [2.05, 4.69) is 9.62 Å². The summed E-state index contributed by atoms with van der Waals surface area (Å²) in [6.07, 6.45) is 2.33. The van der Waals surface area contributed by atoms with Crippen molar-refractivity contribution in [3.63, 3.8) is 0 Å². The largest absolute Gasteiger partial charge is 0.490 e. The SMILES string of the molecule is C[C@H]1CCCCO[C@H](CN(C)C)[C@@H](C)CN([C@@H](C)CO)C(=O)c2cc(NS(=O)(=O)c3ccccc3)ccc2O1. The van der Waals surface area contributed by atoms with E-state index >= 15 is 0 Å². The van der Waals surface area contributed by atoms with Crippen molar-refractivity contribution >= 4 is 21.6 Å². The summed E-state index contributed by atoms with van der Waals surface area (Å²) in [5.74, 6) is 0.0273. The van der Waals surface area contributed by atoms with Crippen molar-refractivity contribution in [2.75, 3.05) is 45.1 Å². The summed E-state index contributed by atoms with van der Waals surface area (Å²) in [5, 5.41) is 10.0. The van der Waals surface area contributed by atoms with Crippen molar-refractivity contribution in [2.24, 2.45) is 5.92 Å². The van der Waals surface area contributed by atoms with Crippen molar-refractivity contribution in [1.29, 1.82) is 0 Å². The topological polar surface area (TPSA) is 108 Å². The number of hydrogen-bond acceptors (Lipinski definition) is 7. The summed E-state index contributed by atoms with van der Waals surface area (Å²) in [5.41, 5.74) is 0.492. The Morgan fingerprint density at radius 1 is 1.13 bits per heavy atom. The highest BCUT2D eigenvalue weighted by molar-refractivity contribution is 7.92. The van der Waals surface area contributed by atoms with Gasteiger partial charge in [0.2, 0.25) is 0 Å². The van der Waals surface area contributed by atoms with Crippen LogP contribution in [0.3, 0.4) is 0 Å². The minimum absolute atomic E-state index is 0.0173. The monoisotopic (exact) mass is 561 g/mol. The summed E-state index contributed by atoms with van der Waals surface area (Å²) >= 11 is 0. The van der Waals surface area contributed by atoms with Gasteiger partial charge in [0, 0.05) is 31.3 Å². The molecule has 0 aromatic heterocycles. The molecule has 2 aromatic carbocycles. The van der Waals surface area contributed by atoms with E-state index < -0.39 is 16.1 Å². The number of hydrogen-bond donors (Lipinski definition) is 2. The van der Waals surface area contributed by atoms with Crippen LogP contribution >= 0.6 is 0 Å². The number of benzene rings is 2. The summed E-state index contributed by atoms with van der Waals surface area (Å²) in [6, 6.07) is 12.4. The number of amides is 1. The minimum atomic E-state index is -3.86. The zero-order valence-electron chi connectivity index (χ0n) is 23.7. The summed E-state index contributed by atoms with van der Waals surface area (Å²) in [6.45, 7) is 7.27. The molecule has 0 fully saturated rings. The fourth-order valence-electron chi connectivity index (χ4n) is 4.62. The molecular weight excluding hydrogens is 518 g/mol. The Morgan fingerprint density at radius 2 is 1.85 bits per heavy atom. The Hall–Kier alpha value is -2.66. The molecule has 4 atom stereocenters. The number of nitrogens with one attached hydrogen (secondary N) is 1. The second-order valence-corrected chi connectivity index (χ2v) is 12.4. The van der Waals surface area contributed by atoms with Crippen molar-refractivity contribution in [3.05, 3.63) is 54.1 Å². The van der Waals surface area contributed by atoms with E-state index in [-0.39, 0.29) is 46.8 Å². The van der Waals surface area contributed by atoms with Crippen LogP contribution in [0, 0.1) is 5.92 Å². The van der Waals surface area contributed by atoms with E-state index in [9.17, 15) is 18.3 Å². The average molecular weight is 562 g/mol. The predicted octanol–water partition coefficient (Wildman–Crippen LogP) is 3.84. The Bertz CT molecular complexity index is 1170. The first-order valence-corrected chi connectivity index (χ1v) is 15.1. The first-order valence-electron chi connectivity index (χ1n) is 13.6. The van der Waals surface area contributed by atoms with Crippen LogP contribution in [0.1, 0.15) is 50.4 Å². The van der Waals surface area contributed by atoms with Gasteiger partial charge in [-0.3, -0.25) is 9.52 Å². The van der Waals surface area contributed by atoms with Gasteiger partial charge >= 0.3 is 0 Å². The van der Waals surface area contributed by atoms with Crippen LogP contribution in [0.2, 0.25) is 0 Å². The predicted molar refractivity (Wildman–Crippen MR) is 153 cm³/mol. The summed E-state index contributed by atoms with van der Waals surface area (Å²) < 4.78 is 41.0. The molecule has 1 amide bonds. The molecule has 0 spiro atoms. The number of anilines is 1. The van der Waals surface area contributed by atoms with Crippen LogP contribution in [0.15, 0.2) is 53.4 Å². The lowest BCUT2D eigenvalue weighted by Crippen LogP contribution is -2.47. The third kappa shape index (κ3) is 8.66. The lowest BCUT2D eigenvalue weighted by molar-refractivity contribution is -0.0137. The van der Waals surface area contributed by atoms with Crippen molar-refractivity contribution < 1.29 is 27.8 Å². The summed E-state index contributed by atoms with van der Waals surface area (Å²) in [4.78, 5) is 17.9. The smallest absolute Gasteiger partial charge is 0.261 e. The highest BCUT2D eigenvalue weighted by Crippen LogP contribution is 2.29. The van der Waals surface area contributed by atoms with Crippen LogP contribution < -0.4 is 9.46 Å². The Labute approximate surface area is 233 Å². The van der Waals surface area contributed by atoms with E-state index in [1.165, 1.54) is 18.2 Å². The number of aliphatic hydroxyl groups is 1. The lowest BCUT2D eigenvalue weighted by atomic mass is 10.0. The molecule has 9 nitrogen and oxygen atoms in total. The van der Waals surface area contributed by atoms with E-state index in [4.69, 9.17) is 9.47 Å². The molecular formula is C29H43N3O6S. The van der Waals surface area contributed by atoms with Crippen LogP contribution in [0.25, 0.3) is 0 Å². The standard InChI is InChI=1S/C29H43N3O6S/c1-21-18-32(22(2)20-33)29(34)26-17-24(30-39(35,36)25-12-7-6-8-13-25)14-15-27(26)38-23(3)11-9-10-16-37-28(21)19-31(4)5/h6-8,12-15,17,21-23,28,30,33H,9-11,16,18-20H2,1-5H3/t21-,22-,23-,28+/m0/s1. The number of carbonyl (C=O) groups is 1. The molecule has 39 heavy (non-hydrogen) atoms. The number of fused-ring (bicyclic) bond motifs is 1. The second-order valence-electron chi connectivity index (χ2n) is 10.7. The van der Waals surface area contributed by atoms with Crippen molar-refractivity contribution in [2.45, 2.75) is 63.2 Å². The molecule has 2 aromatic rings. The molecule has 0 unspecified atom stereocenters. The first kappa shape index (κ1) is 30.9. The number of nitrogens with zero attached hydrogens (tertiary/aromatic N) is 2. The number of sulfonamides is 1. The van der Waals surface area contributed by atoms with Gasteiger partial charge in [0.25, 0.3) is 15.9 Å². The Balaban J connectivity index is 2.02. The third-order valence-corrected chi connectivity index (χ3v) is 8.30. The average Bonchev–Trinajstić information content (AvgIpc) is 2.90. The maximum atomic E-state index is 14.1. The molecule has 216 valence electrons. The van der Waals surface area contributed by atoms with Crippen LogP contribution in [0.5, 0.6) is 5.75 Å². The molecule has 2 N–H and O–H groups in total. The molecule has 0 saturated carbocycles. The number of carbonyl (C=O) groups excluding carboxylic acids is 1. The van der Waals surface area contributed by atoms with E-state index in [1.807, 2.05) is 27.9 Å². The Kier molecular flexibility index (Phi) is 11.2. The number of ether oxygens (including phenoxy) is 2. The fraction of sp³-hybridized carbons (Fsp3) is 0.552. The van der Waals surface area contributed by atoms with Crippen LogP contribution in [-0.4, -0.2) is 87.9 Å². The van der Waals surface area contributed by atoms with Gasteiger partial charge in [0.1, 0.15) is 5.75 Å². The van der Waals surface area contributed by atoms with Crippen LogP contribution in [0.4, 0.5) is 5.69 Å². The van der Waals surface area contributed by atoms with Gasteiger partial charge in [-0.05, 0) is 77.5 Å².